The van der Waals surface area contributed by atoms with Crippen molar-refractivity contribution in [3.05, 3.63) is 83.4 Å². The van der Waals surface area contributed by atoms with Crippen LogP contribution < -0.4 is 0 Å². The van der Waals surface area contributed by atoms with Crippen LogP contribution in [-0.2, 0) is 36.9 Å². The second-order valence-corrected chi connectivity index (χ2v) is 9.26. The van der Waals surface area contributed by atoms with Gasteiger partial charge in [-0.05, 0) is 56.2 Å². The van der Waals surface area contributed by atoms with Crippen molar-refractivity contribution in [3.8, 4) is 11.8 Å². The second kappa shape index (κ2) is 13.7. The first-order valence-corrected chi connectivity index (χ1v) is 12.6. The monoisotopic (exact) mass is 492 g/mol. The third kappa shape index (κ3) is 6.26. The van der Waals surface area contributed by atoms with Crippen LogP contribution in [0, 0.1) is 17.8 Å². The number of hydrogen-bond donors (Lipinski definition) is 0. The van der Waals surface area contributed by atoms with Crippen LogP contribution >= 0.6 is 0 Å². The molecule has 1 aliphatic rings. The Bertz CT molecular complexity index is 1010. The Morgan fingerprint density at radius 1 is 0.972 bits per heavy atom. The Morgan fingerprint density at radius 3 is 2.08 bits per heavy atom. The number of benzene rings is 2. The third-order valence-electron chi connectivity index (χ3n) is 7.11. The Kier molecular flexibility index (Phi) is 10.7. The van der Waals surface area contributed by atoms with Crippen LogP contribution in [-0.4, -0.2) is 38.0 Å². The summed E-state index contributed by atoms with van der Waals surface area (Å²) in [5, 5.41) is 0. The molecule has 2 aromatic carbocycles. The molecule has 1 aliphatic carbocycles. The van der Waals surface area contributed by atoms with Crippen LogP contribution in [0.4, 0.5) is 0 Å². The summed E-state index contributed by atoms with van der Waals surface area (Å²) in [7, 11) is 1.69. The Hall–Kier alpha value is -2.46. The van der Waals surface area contributed by atoms with E-state index in [-0.39, 0.29) is 25.6 Å². The molecule has 0 amide bonds. The van der Waals surface area contributed by atoms with Crippen molar-refractivity contribution in [2.24, 2.45) is 5.92 Å². The zero-order valence-electron chi connectivity index (χ0n) is 22.3. The van der Waals surface area contributed by atoms with Gasteiger partial charge in [0.2, 0.25) is 0 Å². The molecule has 36 heavy (non-hydrogen) atoms. The van der Waals surface area contributed by atoms with E-state index in [4.69, 9.17) is 23.7 Å². The number of hydrogen-bond acceptors (Lipinski definition) is 5. The maximum atomic E-state index is 6.62. The summed E-state index contributed by atoms with van der Waals surface area (Å²) < 4.78 is 31.2. The SMILES string of the molecule is CC#CC1(OC)C(OCOCc2ccccc2)C(C)CC[C@]1(OCOCc1ccccc1)/C(C)=C\C. The first-order chi connectivity index (χ1) is 17.5. The van der Waals surface area contributed by atoms with Crippen molar-refractivity contribution >= 4 is 0 Å². The third-order valence-corrected chi connectivity index (χ3v) is 7.11. The van der Waals surface area contributed by atoms with Gasteiger partial charge < -0.3 is 23.7 Å². The molecule has 194 valence electrons. The quantitative estimate of drug-likeness (QED) is 0.151. The fraction of sp³-hybridized carbons (Fsp3) is 0.484. The highest BCUT2D eigenvalue weighted by Crippen LogP contribution is 2.50. The summed E-state index contributed by atoms with van der Waals surface area (Å²) in [4.78, 5) is 0. The highest BCUT2D eigenvalue weighted by atomic mass is 16.7. The van der Waals surface area contributed by atoms with Gasteiger partial charge in [-0.3, -0.25) is 0 Å². The van der Waals surface area contributed by atoms with Gasteiger partial charge in [0.15, 0.2) is 5.60 Å². The lowest BCUT2D eigenvalue weighted by Crippen LogP contribution is -2.68. The Morgan fingerprint density at radius 2 is 1.56 bits per heavy atom. The van der Waals surface area contributed by atoms with Gasteiger partial charge >= 0.3 is 0 Å². The smallest absolute Gasteiger partial charge is 0.187 e. The molecule has 0 aliphatic heterocycles. The number of allylic oxidation sites excluding steroid dienone is 1. The van der Waals surface area contributed by atoms with Crippen LogP contribution in [0.3, 0.4) is 0 Å². The maximum absolute atomic E-state index is 6.62. The molecule has 3 rings (SSSR count). The number of rotatable bonds is 12. The predicted octanol–water partition coefficient (Wildman–Crippen LogP) is 6.28. The van der Waals surface area contributed by atoms with Gasteiger partial charge in [0, 0.05) is 7.11 Å². The van der Waals surface area contributed by atoms with Crippen LogP contribution in [0.5, 0.6) is 0 Å². The van der Waals surface area contributed by atoms with E-state index in [0.717, 1.165) is 29.5 Å². The molecule has 0 bridgehead atoms. The van der Waals surface area contributed by atoms with Crippen LogP contribution in [0.1, 0.15) is 51.7 Å². The number of ether oxygens (including phenoxy) is 5. The first kappa shape index (κ1) is 28.1. The molecule has 2 aromatic rings. The van der Waals surface area contributed by atoms with Crippen molar-refractivity contribution in [1.82, 2.24) is 0 Å². The summed E-state index contributed by atoms with van der Waals surface area (Å²) >= 11 is 0. The van der Waals surface area contributed by atoms with E-state index in [2.05, 4.69) is 31.8 Å². The topological polar surface area (TPSA) is 46.2 Å². The normalized spacial score (nSPS) is 26.3. The molecule has 5 heteroatoms. The molecule has 0 radical (unpaired) electrons. The molecule has 0 N–H and O–H groups in total. The van der Waals surface area contributed by atoms with Crippen LogP contribution in [0.15, 0.2) is 72.3 Å². The molecule has 0 spiro atoms. The fourth-order valence-electron chi connectivity index (χ4n) is 5.12. The van der Waals surface area contributed by atoms with E-state index in [1.165, 1.54) is 0 Å². The van der Waals surface area contributed by atoms with E-state index in [1.54, 1.807) is 7.11 Å². The summed E-state index contributed by atoms with van der Waals surface area (Å²) in [5.74, 6) is 6.67. The van der Waals surface area contributed by atoms with E-state index < -0.39 is 11.2 Å². The molecule has 0 heterocycles. The van der Waals surface area contributed by atoms with Crippen molar-refractivity contribution < 1.29 is 23.7 Å². The predicted molar refractivity (Wildman–Crippen MR) is 142 cm³/mol. The van der Waals surface area contributed by atoms with E-state index in [0.29, 0.717) is 13.2 Å². The summed E-state index contributed by atoms with van der Waals surface area (Å²) in [5.41, 5.74) is 1.39. The zero-order chi connectivity index (χ0) is 25.9. The average Bonchev–Trinajstić information content (AvgIpc) is 2.92. The highest BCUT2D eigenvalue weighted by molar-refractivity contribution is 5.36. The zero-order valence-corrected chi connectivity index (χ0v) is 22.3. The van der Waals surface area contributed by atoms with Gasteiger partial charge in [0.05, 0.1) is 13.2 Å². The minimum absolute atomic E-state index is 0.113. The van der Waals surface area contributed by atoms with Crippen molar-refractivity contribution in [1.29, 1.82) is 0 Å². The molecular formula is C31H40O5. The van der Waals surface area contributed by atoms with E-state index in [1.807, 2.05) is 74.5 Å². The van der Waals surface area contributed by atoms with Gasteiger partial charge in [-0.15, -0.1) is 5.92 Å². The Labute approximate surface area is 216 Å². The molecule has 3 unspecified atom stereocenters. The van der Waals surface area contributed by atoms with Crippen molar-refractivity contribution in [2.75, 3.05) is 20.7 Å². The molecule has 5 nitrogen and oxygen atoms in total. The number of methoxy groups -OCH3 is 1. The maximum Gasteiger partial charge on any atom is 0.187 e. The van der Waals surface area contributed by atoms with Crippen LogP contribution in [0.25, 0.3) is 0 Å². The van der Waals surface area contributed by atoms with Crippen molar-refractivity contribution in [3.63, 3.8) is 0 Å². The molecule has 0 aromatic heterocycles. The molecule has 1 saturated carbocycles. The highest BCUT2D eigenvalue weighted by Gasteiger charge is 2.62. The van der Waals surface area contributed by atoms with Crippen molar-refractivity contribution in [2.45, 2.75) is 71.1 Å². The first-order valence-electron chi connectivity index (χ1n) is 12.6. The summed E-state index contributed by atoms with van der Waals surface area (Å²) in [6.45, 7) is 9.28. The molecule has 1 fully saturated rings. The minimum atomic E-state index is -1.03. The average molecular weight is 493 g/mol. The van der Waals surface area contributed by atoms with Gasteiger partial charge in [-0.1, -0.05) is 79.6 Å². The molecular weight excluding hydrogens is 452 g/mol. The lowest BCUT2D eigenvalue weighted by atomic mass is 9.63. The summed E-state index contributed by atoms with van der Waals surface area (Å²) in [6, 6.07) is 20.1. The van der Waals surface area contributed by atoms with Gasteiger partial charge in [0.1, 0.15) is 25.3 Å². The lowest BCUT2D eigenvalue weighted by Gasteiger charge is -2.55. The Balaban J connectivity index is 1.80. The van der Waals surface area contributed by atoms with Gasteiger partial charge in [-0.25, -0.2) is 0 Å². The molecule has 4 atom stereocenters. The second-order valence-electron chi connectivity index (χ2n) is 9.26. The van der Waals surface area contributed by atoms with Gasteiger partial charge in [-0.2, -0.15) is 0 Å². The minimum Gasteiger partial charge on any atom is -0.359 e. The van der Waals surface area contributed by atoms with E-state index in [9.17, 15) is 0 Å². The van der Waals surface area contributed by atoms with E-state index >= 15 is 0 Å². The lowest BCUT2D eigenvalue weighted by molar-refractivity contribution is -0.272. The molecule has 0 saturated heterocycles. The fourth-order valence-corrected chi connectivity index (χ4v) is 5.12. The van der Waals surface area contributed by atoms with Gasteiger partial charge in [0.25, 0.3) is 0 Å². The van der Waals surface area contributed by atoms with Crippen LogP contribution in [0.2, 0.25) is 0 Å². The standard InChI is InChI=1S/C31H40O5/c1-6-19-31(32-5)29(35-23-33-21-27-14-10-8-11-15-27)25(3)18-20-30(31,26(4)7-2)36-24-34-22-28-16-12-9-13-17-28/h7-17,25,29H,18,20-24H2,1-5H3/b26-7-/t25?,29?,30-,31?/m0/s1. The summed E-state index contributed by atoms with van der Waals surface area (Å²) in [6.07, 6.45) is 3.35. The largest absolute Gasteiger partial charge is 0.359 e.